The lowest BCUT2D eigenvalue weighted by atomic mass is 10.1. The number of aldehydes is 1. The standard InChI is InChI=1S/C11H23NO6/c1-3-12(4-2)18-6-5-17-10(8-14)11(16)9(15)7-13/h8-11,13,15-16H,3-7H2,1-2H3/t9-,10+,11-/m1/s1. The van der Waals surface area contributed by atoms with Crippen molar-refractivity contribution in [1.82, 2.24) is 5.06 Å². The maximum Gasteiger partial charge on any atom is 0.151 e. The van der Waals surface area contributed by atoms with E-state index < -0.39 is 24.9 Å². The van der Waals surface area contributed by atoms with E-state index in [0.29, 0.717) is 6.29 Å². The molecule has 0 aromatic rings. The van der Waals surface area contributed by atoms with Gasteiger partial charge in [-0.2, -0.15) is 5.06 Å². The Morgan fingerprint density at radius 2 is 1.83 bits per heavy atom. The predicted octanol–water partition coefficient (Wildman–Crippen LogP) is -1.44. The Bertz CT molecular complexity index is 212. The van der Waals surface area contributed by atoms with E-state index in [-0.39, 0.29) is 13.2 Å². The van der Waals surface area contributed by atoms with Crippen LogP contribution in [0.3, 0.4) is 0 Å². The number of carbonyl (C=O) groups excluding carboxylic acids is 1. The van der Waals surface area contributed by atoms with E-state index in [0.717, 1.165) is 13.1 Å². The van der Waals surface area contributed by atoms with Crippen molar-refractivity contribution < 1.29 is 29.7 Å². The van der Waals surface area contributed by atoms with Crippen LogP contribution in [0.5, 0.6) is 0 Å². The first-order valence-corrected chi connectivity index (χ1v) is 6.02. The molecule has 0 fully saturated rings. The van der Waals surface area contributed by atoms with Gasteiger partial charge in [0.1, 0.15) is 18.3 Å². The van der Waals surface area contributed by atoms with Crippen molar-refractivity contribution in [1.29, 1.82) is 0 Å². The van der Waals surface area contributed by atoms with Crippen molar-refractivity contribution in [3.05, 3.63) is 0 Å². The van der Waals surface area contributed by atoms with Crippen molar-refractivity contribution in [3.8, 4) is 0 Å². The van der Waals surface area contributed by atoms with E-state index in [1.807, 2.05) is 13.8 Å². The quantitative estimate of drug-likeness (QED) is 0.239. The van der Waals surface area contributed by atoms with Crippen LogP contribution in [0.25, 0.3) is 0 Å². The molecule has 0 aromatic carbocycles. The molecule has 3 atom stereocenters. The van der Waals surface area contributed by atoms with Crippen molar-refractivity contribution in [3.63, 3.8) is 0 Å². The van der Waals surface area contributed by atoms with Crippen LogP contribution < -0.4 is 0 Å². The van der Waals surface area contributed by atoms with Crippen LogP contribution in [-0.4, -0.2) is 77.9 Å². The molecule has 3 N–H and O–H groups in total. The number of aliphatic hydroxyl groups is 3. The fourth-order valence-electron chi connectivity index (χ4n) is 1.30. The largest absolute Gasteiger partial charge is 0.394 e. The van der Waals surface area contributed by atoms with E-state index in [1.165, 1.54) is 0 Å². The highest BCUT2D eigenvalue weighted by Gasteiger charge is 2.26. The summed E-state index contributed by atoms with van der Waals surface area (Å²) in [5.41, 5.74) is 0. The molecule has 0 aliphatic carbocycles. The summed E-state index contributed by atoms with van der Waals surface area (Å²) in [6.45, 7) is 5.08. The van der Waals surface area contributed by atoms with Crippen LogP contribution in [0.1, 0.15) is 13.8 Å². The van der Waals surface area contributed by atoms with Crippen LogP contribution in [0.4, 0.5) is 0 Å². The summed E-state index contributed by atoms with van der Waals surface area (Å²) in [4.78, 5) is 16.0. The Kier molecular flexibility index (Phi) is 10.0. The summed E-state index contributed by atoms with van der Waals surface area (Å²) in [6, 6.07) is 0. The van der Waals surface area contributed by atoms with Gasteiger partial charge in [-0.3, -0.25) is 4.84 Å². The molecule has 18 heavy (non-hydrogen) atoms. The Labute approximate surface area is 107 Å². The van der Waals surface area contributed by atoms with E-state index >= 15 is 0 Å². The molecular weight excluding hydrogens is 242 g/mol. The first kappa shape index (κ1) is 17.4. The Morgan fingerprint density at radius 3 is 2.28 bits per heavy atom. The van der Waals surface area contributed by atoms with Crippen molar-refractivity contribution in [2.75, 3.05) is 32.9 Å². The van der Waals surface area contributed by atoms with Gasteiger partial charge in [-0.15, -0.1) is 0 Å². The highest BCUT2D eigenvalue weighted by molar-refractivity contribution is 5.57. The van der Waals surface area contributed by atoms with Gasteiger partial charge in [0, 0.05) is 13.1 Å². The third-order valence-electron chi connectivity index (χ3n) is 2.42. The van der Waals surface area contributed by atoms with Gasteiger partial charge in [0.25, 0.3) is 0 Å². The van der Waals surface area contributed by atoms with Gasteiger partial charge in [-0.25, -0.2) is 0 Å². The molecule has 0 aromatic heterocycles. The third-order valence-corrected chi connectivity index (χ3v) is 2.42. The molecule has 0 amide bonds. The van der Waals surface area contributed by atoms with E-state index in [4.69, 9.17) is 14.7 Å². The number of rotatable bonds is 11. The van der Waals surface area contributed by atoms with Crippen molar-refractivity contribution in [2.45, 2.75) is 32.2 Å². The molecule has 7 nitrogen and oxygen atoms in total. The summed E-state index contributed by atoms with van der Waals surface area (Å²) in [7, 11) is 0. The lowest BCUT2D eigenvalue weighted by molar-refractivity contribution is -0.176. The SMILES string of the molecule is CCN(CC)OCCO[C@@H](C=O)[C@H](O)[C@H](O)CO. The van der Waals surface area contributed by atoms with Crippen LogP contribution >= 0.6 is 0 Å². The monoisotopic (exact) mass is 265 g/mol. The minimum atomic E-state index is -1.44. The lowest BCUT2D eigenvalue weighted by Gasteiger charge is -2.22. The highest BCUT2D eigenvalue weighted by Crippen LogP contribution is 2.02. The van der Waals surface area contributed by atoms with Gasteiger partial charge in [0.15, 0.2) is 6.29 Å². The molecule has 7 heteroatoms. The summed E-state index contributed by atoms with van der Waals surface area (Å²) in [5.74, 6) is 0. The van der Waals surface area contributed by atoms with Gasteiger partial charge >= 0.3 is 0 Å². The molecule has 0 aliphatic rings. The molecule has 0 spiro atoms. The third kappa shape index (κ3) is 6.39. The molecule has 0 rings (SSSR count). The molecule has 0 radical (unpaired) electrons. The minimum absolute atomic E-state index is 0.106. The number of hydrogen-bond donors (Lipinski definition) is 3. The zero-order valence-corrected chi connectivity index (χ0v) is 10.9. The average Bonchev–Trinajstić information content (AvgIpc) is 2.41. The number of hydrogen-bond acceptors (Lipinski definition) is 7. The topological polar surface area (TPSA) is 99.5 Å². The van der Waals surface area contributed by atoms with Crippen LogP contribution in [0, 0.1) is 0 Å². The Hall–Kier alpha value is -0.570. The van der Waals surface area contributed by atoms with E-state index in [9.17, 15) is 15.0 Å². The van der Waals surface area contributed by atoms with Crippen molar-refractivity contribution >= 4 is 6.29 Å². The maximum atomic E-state index is 10.7. The van der Waals surface area contributed by atoms with Crippen molar-refractivity contribution in [2.24, 2.45) is 0 Å². The van der Waals surface area contributed by atoms with Gasteiger partial charge in [0.2, 0.25) is 0 Å². The number of hydroxylamine groups is 2. The second-order valence-corrected chi connectivity index (χ2v) is 3.66. The zero-order valence-electron chi connectivity index (χ0n) is 10.9. The number of carbonyl (C=O) groups is 1. The fraction of sp³-hybridized carbons (Fsp3) is 0.909. The second-order valence-electron chi connectivity index (χ2n) is 3.66. The molecule has 0 unspecified atom stereocenters. The Morgan fingerprint density at radius 1 is 1.22 bits per heavy atom. The smallest absolute Gasteiger partial charge is 0.151 e. The number of ether oxygens (including phenoxy) is 1. The van der Waals surface area contributed by atoms with Gasteiger partial charge in [-0.1, -0.05) is 13.8 Å². The minimum Gasteiger partial charge on any atom is -0.394 e. The molecule has 0 aliphatic heterocycles. The molecule has 0 heterocycles. The van der Waals surface area contributed by atoms with Gasteiger partial charge in [-0.05, 0) is 0 Å². The van der Waals surface area contributed by atoms with Crippen LogP contribution in [0.2, 0.25) is 0 Å². The maximum absolute atomic E-state index is 10.7. The van der Waals surface area contributed by atoms with Gasteiger partial charge < -0.3 is 24.9 Å². The molecule has 108 valence electrons. The highest BCUT2D eigenvalue weighted by atomic mass is 16.7. The number of nitrogens with zero attached hydrogens (tertiary/aromatic N) is 1. The molecule has 0 saturated heterocycles. The number of aliphatic hydroxyl groups excluding tert-OH is 3. The predicted molar refractivity (Wildman–Crippen MR) is 63.8 cm³/mol. The van der Waals surface area contributed by atoms with E-state index in [1.54, 1.807) is 5.06 Å². The van der Waals surface area contributed by atoms with Crippen LogP contribution in [-0.2, 0) is 14.4 Å². The average molecular weight is 265 g/mol. The molecular formula is C11H23NO6. The van der Waals surface area contributed by atoms with E-state index in [2.05, 4.69) is 0 Å². The second kappa shape index (κ2) is 10.4. The van der Waals surface area contributed by atoms with Crippen LogP contribution in [0.15, 0.2) is 0 Å². The fourth-order valence-corrected chi connectivity index (χ4v) is 1.30. The Balaban J connectivity index is 3.90. The molecule has 0 saturated carbocycles. The normalized spacial score (nSPS) is 16.6. The zero-order chi connectivity index (χ0) is 14.0. The first-order valence-electron chi connectivity index (χ1n) is 6.02. The summed E-state index contributed by atoms with van der Waals surface area (Å²) in [5, 5.41) is 29.0. The summed E-state index contributed by atoms with van der Waals surface area (Å²) >= 11 is 0. The summed E-state index contributed by atoms with van der Waals surface area (Å²) in [6.07, 6.45) is -3.63. The summed E-state index contributed by atoms with van der Waals surface area (Å²) < 4.78 is 5.07. The molecule has 0 bridgehead atoms. The lowest BCUT2D eigenvalue weighted by Crippen LogP contribution is -2.42. The first-order chi connectivity index (χ1) is 8.60. The van der Waals surface area contributed by atoms with Gasteiger partial charge in [0.05, 0.1) is 19.8 Å².